The van der Waals surface area contributed by atoms with E-state index in [9.17, 15) is 9.59 Å². The molecule has 0 saturated carbocycles. The third-order valence-electron chi connectivity index (χ3n) is 3.32. The van der Waals surface area contributed by atoms with Crippen LogP contribution in [0, 0.1) is 0 Å². The van der Waals surface area contributed by atoms with E-state index in [-0.39, 0.29) is 18.2 Å². The van der Waals surface area contributed by atoms with Crippen LogP contribution in [0.1, 0.15) is 6.42 Å². The van der Waals surface area contributed by atoms with Crippen molar-refractivity contribution in [3.05, 3.63) is 48.7 Å². The third-order valence-corrected chi connectivity index (χ3v) is 4.45. The zero-order chi connectivity index (χ0) is 15.5. The Labute approximate surface area is 132 Å². The van der Waals surface area contributed by atoms with Crippen LogP contribution in [0.3, 0.4) is 0 Å². The number of benzene rings is 1. The van der Waals surface area contributed by atoms with Gasteiger partial charge < -0.3 is 4.74 Å². The molecule has 2 heterocycles. The summed E-state index contributed by atoms with van der Waals surface area (Å²) in [5.74, 6) is 0.194. The Kier molecular flexibility index (Phi) is 4.11. The topological polar surface area (TPSA) is 59.5 Å². The highest BCUT2D eigenvalue weighted by Crippen LogP contribution is 2.33. The van der Waals surface area contributed by atoms with Gasteiger partial charge in [0.2, 0.25) is 11.8 Å². The largest absolute Gasteiger partial charge is 0.497 e. The Morgan fingerprint density at radius 2 is 2.09 bits per heavy atom. The Morgan fingerprint density at radius 1 is 1.23 bits per heavy atom. The molecule has 1 saturated heterocycles. The minimum Gasteiger partial charge on any atom is -0.497 e. The molecule has 1 aromatic heterocycles. The predicted molar refractivity (Wildman–Crippen MR) is 84.0 cm³/mol. The van der Waals surface area contributed by atoms with E-state index in [2.05, 4.69) is 4.98 Å². The number of nitrogens with zero attached hydrogens (tertiary/aromatic N) is 2. The first-order chi connectivity index (χ1) is 10.7. The Balaban J connectivity index is 1.82. The number of thioether (sulfide) groups is 1. The number of amides is 2. The molecule has 0 radical (unpaired) electrons. The first-order valence-corrected chi connectivity index (χ1v) is 7.65. The van der Waals surface area contributed by atoms with E-state index in [1.54, 1.807) is 37.6 Å². The van der Waals surface area contributed by atoms with Gasteiger partial charge in [0.25, 0.3) is 0 Å². The molecule has 0 unspecified atom stereocenters. The monoisotopic (exact) mass is 314 g/mol. The van der Waals surface area contributed by atoms with Crippen molar-refractivity contribution in [2.75, 3.05) is 12.0 Å². The summed E-state index contributed by atoms with van der Waals surface area (Å²) in [6, 6.07) is 12.4. The number of rotatable bonds is 4. The zero-order valence-electron chi connectivity index (χ0n) is 11.9. The van der Waals surface area contributed by atoms with Gasteiger partial charge in [-0.25, -0.2) is 9.88 Å². The molecule has 1 atom stereocenters. The second kappa shape index (κ2) is 6.19. The van der Waals surface area contributed by atoms with Crippen molar-refractivity contribution in [2.45, 2.75) is 16.7 Å². The van der Waals surface area contributed by atoms with Crippen molar-refractivity contribution < 1.29 is 14.3 Å². The SMILES string of the molecule is COc1cccc(N2C(=O)C[C@@H](Sc3ccccn3)C2=O)c1. The number of carbonyl (C=O) groups excluding carboxylic acids is 2. The quantitative estimate of drug-likeness (QED) is 0.812. The van der Waals surface area contributed by atoms with Gasteiger partial charge in [-0.2, -0.15) is 0 Å². The molecule has 0 aliphatic carbocycles. The number of anilines is 1. The summed E-state index contributed by atoms with van der Waals surface area (Å²) in [5.41, 5.74) is 0.540. The van der Waals surface area contributed by atoms with Crippen LogP contribution in [0.5, 0.6) is 5.75 Å². The summed E-state index contributed by atoms with van der Waals surface area (Å²) in [6.45, 7) is 0. The van der Waals surface area contributed by atoms with Gasteiger partial charge in [-0.05, 0) is 24.3 Å². The first-order valence-electron chi connectivity index (χ1n) is 6.77. The molecule has 5 nitrogen and oxygen atoms in total. The lowest BCUT2D eigenvalue weighted by molar-refractivity contribution is -0.121. The molecule has 2 amide bonds. The van der Waals surface area contributed by atoms with Crippen molar-refractivity contribution in [1.82, 2.24) is 4.98 Å². The van der Waals surface area contributed by atoms with Crippen molar-refractivity contribution >= 4 is 29.3 Å². The summed E-state index contributed by atoms with van der Waals surface area (Å²) in [7, 11) is 1.55. The van der Waals surface area contributed by atoms with Gasteiger partial charge in [0.15, 0.2) is 0 Å². The van der Waals surface area contributed by atoms with Gasteiger partial charge >= 0.3 is 0 Å². The lowest BCUT2D eigenvalue weighted by Gasteiger charge is -2.15. The maximum Gasteiger partial charge on any atom is 0.247 e. The van der Waals surface area contributed by atoms with E-state index in [4.69, 9.17) is 4.74 Å². The molecule has 1 aliphatic heterocycles. The van der Waals surface area contributed by atoms with Gasteiger partial charge in [0.1, 0.15) is 5.75 Å². The molecule has 2 aromatic rings. The summed E-state index contributed by atoms with van der Waals surface area (Å²) >= 11 is 1.32. The minimum absolute atomic E-state index is 0.178. The molecule has 112 valence electrons. The van der Waals surface area contributed by atoms with Crippen LogP contribution >= 0.6 is 11.8 Å². The van der Waals surface area contributed by atoms with Crippen molar-refractivity contribution in [3.8, 4) is 5.75 Å². The van der Waals surface area contributed by atoms with Gasteiger partial charge in [-0.15, -0.1) is 0 Å². The number of hydrogen-bond donors (Lipinski definition) is 0. The average Bonchev–Trinajstić information content (AvgIpc) is 2.82. The highest BCUT2D eigenvalue weighted by molar-refractivity contribution is 8.00. The summed E-state index contributed by atoms with van der Waals surface area (Å²) in [4.78, 5) is 30.2. The van der Waals surface area contributed by atoms with Crippen LogP contribution < -0.4 is 9.64 Å². The normalized spacial score (nSPS) is 17.9. The van der Waals surface area contributed by atoms with E-state index in [0.717, 1.165) is 5.03 Å². The lowest BCUT2D eigenvalue weighted by atomic mass is 10.3. The van der Waals surface area contributed by atoms with Crippen LogP contribution in [0.4, 0.5) is 5.69 Å². The van der Waals surface area contributed by atoms with E-state index in [1.807, 2.05) is 18.2 Å². The molecule has 1 fully saturated rings. The molecule has 0 N–H and O–H groups in total. The third kappa shape index (κ3) is 2.82. The number of methoxy groups -OCH3 is 1. The molecule has 22 heavy (non-hydrogen) atoms. The number of pyridine rings is 1. The standard InChI is InChI=1S/C16H14N2O3S/c1-21-12-6-4-5-11(9-12)18-15(19)10-13(16(18)20)22-14-7-2-3-8-17-14/h2-9,13H,10H2,1H3/t13-/m1/s1. The molecule has 1 aliphatic rings. The second-order valence-corrected chi connectivity index (χ2v) is 5.97. The van der Waals surface area contributed by atoms with E-state index >= 15 is 0 Å². The number of carbonyl (C=O) groups is 2. The van der Waals surface area contributed by atoms with E-state index < -0.39 is 5.25 Å². The zero-order valence-corrected chi connectivity index (χ0v) is 12.7. The average molecular weight is 314 g/mol. The first kappa shape index (κ1) is 14.6. The van der Waals surface area contributed by atoms with Crippen LogP contribution in [-0.4, -0.2) is 29.2 Å². The van der Waals surface area contributed by atoms with Crippen molar-refractivity contribution in [2.24, 2.45) is 0 Å². The highest BCUT2D eigenvalue weighted by Gasteiger charge is 2.40. The van der Waals surface area contributed by atoms with Gasteiger partial charge in [0.05, 0.1) is 23.1 Å². The second-order valence-electron chi connectivity index (χ2n) is 4.75. The van der Waals surface area contributed by atoms with E-state index in [1.165, 1.54) is 16.7 Å². The summed E-state index contributed by atoms with van der Waals surface area (Å²) in [5, 5.41) is 0.301. The van der Waals surface area contributed by atoms with Crippen LogP contribution in [-0.2, 0) is 9.59 Å². The molecule has 1 aromatic carbocycles. The molecular formula is C16H14N2O3S. The number of ether oxygens (including phenoxy) is 1. The number of aromatic nitrogens is 1. The smallest absolute Gasteiger partial charge is 0.247 e. The Morgan fingerprint density at radius 3 is 2.82 bits per heavy atom. The van der Waals surface area contributed by atoms with Crippen LogP contribution in [0.2, 0.25) is 0 Å². The fraction of sp³-hybridized carbons (Fsp3) is 0.188. The maximum absolute atomic E-state index is 12.5. The Hall–Kier alpha value is -2.34. The van der Waals surface area contributed by atoms with Crippen molar-refractivity contribution in [3.63, 3.8) is 0 Å². The fourth-order valence-corrected chi connectivity index (χ4v) is 3.28. The van der Waals surface area contributed by atoms with Crippen LogP contribution in [0.25, 0.3) is 0 Å². The molecule has 6 heteroatoms. The molecule has 0 bridgehead atoms. The predicted octanol–water partition coefficient (Wildman–Crippen LogP) is 2.51. The van der Waals surface area contributed by atoms with Gasteiger partial charge in [-0.1, -0.05) is 23.9 Å². The minimum atomic E-state index is -0.436. The fourth-order valence-electron chi connectivity index (χ4n) is 2.28. The maximum atomic E-state index is 12.5. The van der Waals surface area contributed by atoms with E-state index in [0.29, 0.717) is 11.4 Å². The summed E-state index contributed by atoms with van der Waals surface area (Å²) in [6.07, 6.45) is 1.85. The highest BCUT2D eigenvalue weighted by atomic mass is 32.2. The lowest BCUT2D eigenvalue weighted by Crippen LogP contribution is -2.31. The number of imide groups is 1. The molecule has 3 rings (SSSR count). The van der Waals surface area contributed by atoms with Crippen molar-refractivity contribution in [1.29, 1.82) is 0 Å². The van der Waals surface area contributed by atoms with Crippen LogP contribution in [0.15, 0.2) is 53.7 Å². The molecular weight excluding hydrogens is 300 g/mol. The Bertz CT molecular complexity index is 706. The van der Waals surface area contributed by atoms with Gasteiger partial charge in [0, 0.05) is 18.7 Å². The molecule has 0 spiro atoms. The number of hydrogen-bond acceptors (Lipinski definition) is 5. The summed E-state index contributed by atoms with van der Waals surface area (Å²) < 4.78 is 5.14. The van der Waals surface area contributed by atoms with Gasteiger partial charge in [-0.3, -0.25) is 9.59 Å².